The third-order valence-electron chi connectivity index (χ3n) is 5.17. The molecule has 0 fully saturated rings. The second kappa shape index (κ2) is 4.91. The normalized spacial score (nSPS) is 24.0. The molecule has 2 aliphatic rings. The molecule has 0 aromatic heterocycles. The number of hydrogen-bond donors (Lipinski definition) is 0. The second-order valence-corrected chi connectivity index (χ2v) is 6.34. The Bertz CT molecular complexity index is 829. The number of rotatable bonds is 1. The van der Waals surface area contributed by atoms with Crippen molar-refractivity contribution in [3.63, 3.8) is 0 Å². The van der Waals surface area contributed by atoms with Crippen LogP contribution in [0.5, 0.6) is 0 Å². The van der Waals surface area contributed by atoms with Crippen LogP contribution in [0, 0.1) is 11.8 Å². The van der Waals surface area contributed by atoms with Crippen LogP contribution in [0.25, 0.3) is 10.8 Å². The van der Waals surface area contributed by atoms with E-state index < -0.39 is 0 Å². The molecule has 110 valence electrons. The van der Waals surface area contributed by atoms with E-state index >= 15 is 0 Å². The first-order chi connectivity index (χ1) is 10.7. The maximum atomic E-state index is 12.9. The Morgan fingerprint density at radius 2 is 1.55 bits per heavy atom. The van der Waals surface area contributed by atoms with Gasteiger partial charge in [-0.25, -0.2) is 0 Å². The van der Waals surface area contributed by atoms with Crippen molar-refractivity contribution < 1.29 is 9.59 Å². The summed E-state index contributed by atoms with van der Waals surface area (Å²) in [5.74, 6) is -0.00117. The van der Waals surface area contributed by atoms with Crippen molar-refractivity contribution >= 4 is 22.3 Å². The van der Waals surface area contributed by atoms with Crippen LogP contribution in [-0.4, -0.2) is 11.6 Å². The van der Waals surface area contributed by atoms with E-state index in [0.29, 0.717) is 17.5 Å². The molecule has 2 heteroatoms. The van der Waals surface area contributed by atoms with E-state index in [1.165, 1.54) is 5.57 Å². The van der Waals surface area contributed by atoms with Gasteiger partial charge in [-0.2, -0.15) is 0 Å². The summed E-state index contributed by atoms with van der Waals surface area (Å²) in [5.41, 5.74) is 2.56. The number of fused-ring (bicyclic) bond motifs is 3. The molecule has 2 aromatic carbocycles. The Hall–Kier alpha value is -2.22. The number of hydrogen-bond acceptors (Lipinski definition) is 2. The van der Waals surface area contributed by atoms with Gasteiger partial charge in [0, 0.05) is 23.0 Å². The third-order valence-corrected chi connectivity index (χ3v) is 5.17. The summed E-state index contributed by atoms with van der Waals surface area (Å²) in [6, 6.07) is 11.7. The van der Waals surface area contributed by atoms with E-state index in [2.05, 4.69) is 13.0 Å². The first-order valence-corrected chi connectivity index (χ1v) is 7.98. The molecular formula is C20H18O2. The summed E-state index contributed by atoms with van der Waals surface area (Å²) < 4.78 is 0. The van der Waals surface area contributed by atoms with Crippen molar-refractivity contribution in [1.82, 2.24) is 0 Å². The number of allylic oxidation sites excluding steroid dienone is 2. The maximum absolute atomic E-state index is 12.9. The average molecular weight is 290 g/mol. The highest BCUT2D eigenvalue weighted by Gasteiger charge is 2.42. The molecule has 0 spiro atoms. The molecule has 0 saturated heterocycles. The summed E-state index contributed by atoms with van der Waals surface area (Å²) in [6.07, 6.45) is 4.59. The zero-order chi connectivity index (χ0) is 15.3. The van der Waals surface area contributed by atoms with E-state index in [0.717, 1.165) is 23.6 Å². The predicted octanol–water partition coefficient (Wildman–Crippen LogP) is 4.58. The molecule has 4 rings (SSSR count). The third kappa shape index (κ3) is 1.87. The lowest BCUT2D eigenvalue weighted by Gasteiger charge is -2.34. The van der Waals surface area contributed by atoms with Gasteiger partial charge in [-0.15, -0.1) is 0 Å². The second-order valence-electron chi connectivity index (χ2n) is 6.34. The van der Waals surface area contributed by atoms with Crippen molar-refractivity contribution in [3.8, 4) is 0 Å². The number of carbonyl (C=O) groups excluding carboxylic acids is 2. The minimum Gasteiger partial charge on any atom is -0.294 e. The summed E-state index contributed by atoms with van der Waals surface area (Å²) in [5, 5.41) is 2.06. The minimum absolute atomic E-state index is 0.150. The van der Waals surface area contributed by atoms with E-state index in [9.17, 15) is 9.59 Å². The van der Waals surface area contributed by atoms with Crippen molar-refractivity contribution in [2.24, 2.45) is 11.8 Å². The van der Waals surface area contributed by atoms with E-state index in [1.807, 2.05) is 36.4 Å². The Labute approximate surface area is 129 Å². The molecule has 0 N–H and O–H groups in total. The molecule has 2 aromatic rings. The van der Waals surface area contributed by atoms with Gasteiger partial charge in [0.2, 0.25) is 0 Å². The number of benzene rings is 2. The Morgan fingerprint density at radius 3 is 2.14 bits per heavy atom. The molecule has 0 saturated carbocycles. The predicted molar refractivity (Wildman–Crippen MR) is 87.2 cm³/mol. The standard InChI is InChI=1S/C20H18O2/c1-2-12-7-8-15-16(9-12)20(22)18-11-14-6-4-3-5-13(14)10-17(18)19(15)21/h3-7,10-11,15-16H,2,8-9H2,1H3/t15-,16-/m1/s1. The number of Topliss-reactive ketones (excluding diaryl/α,β-unsaturated/α-hetero) is 2. The van der Waals surface area contributed by atoms with Gasteiger partial charge in [0.1, 0.15) is 0 Å². The fourth-order valence-electron chi connectivity index (χ4n) is 3.87. The molecule has 0 amide bonds. The van der Waals surface area contributed by atoms with Crippen LogP contribution in [0.3, 0.4) is 0 Å². The first-order valence-electron chi connectivity index (χ1n) is 7.98. The topological polar surface area (TPSA) is 34.1 Å². The fraction of sp³-hybridized carbons (Fsp3) is 0.300. The summed E-state index contributed by atoms with van der Waals surface area (Å²) >= 11 is 0. The van der Waals surface area contributed by atoms with Crippen molar-refractivity contribution in [2.45, 2.75) is 26.2 Å². The van der Waals surface area contributed by atoms with Gasteiger partial charge in [0.15, 0.2) is 11.6 Å². The first kappa shape index (κ1) is 13.4. The van der Waals surface area contributed by atoms with Crippen molar-refractivity contribution in [1.29, 1.82) is 0 Å². The van der Waals surface area contributed by atoms with Gasteiger partial charge < -0.3 is 0 Å². The molecule has 0 aliphatic heterocycles. The van der Waals surface area contributed by atoms with Crippen molar-refractivity contribution in [3.05, 3.63) is 59.2 Å². The van der Waals surface area contributed by atoms with Crippen LogP contribution in [-0.2, 0) is 0 Å². The molecule has 0 unspecified atom stereocenters. The molecular weight excluding hydrogens is 272 g/mol. The van der Waals surface area contributed by atoms with Gasteiger partial charge in [0.25, 0.3) is 0 Å². The molecule has 2 nitrogen and oxygen atoms in total. The van der Waals surface area contributed by atoms with Gasteiger partial charge in [-0.05, 0) is 42.2 Å². The van der Waals surface area contributed by atoms with Crippen LogP contribution >= 0.6 is 0 Å². The summed E-state index contributed by atoms with van der Waals surface area (Å²) in [4.78, 5) is 25.8. The van der Waals surface area contributed by atoms with Crippen LogP contribution < -0.4 is 0 Å². The van der Waals surface area contributed by atoms with Gasteiger partial charge >= 0.3 is 0 Å². The van der Waals surface area contributed by atoms with Crippen molar-refractivity contribution in [2.75, 3.05) is 0 Å². The monoisotopic (exact) mass is 290 g/mol. The lowest BCUT2D eigenvalue weighted by atomic mass is 9.67. The quantitative estimate of drug-likeness (QED) is 0.720. The smallest absolute Gasteiger partial charge is 0.167 e. The largest absolute Gasteiger partial charge is 0.294 e. The fourth-order valence-corrected chi connectivity index (χ4v) is 3.87. The highest BCUT2D eigenvalue weighted by atomic mass is 16.1. The lowest BCUT2D eigenvalue weighted by molar-refractivity contribution is 0.0725. The van der Waals surface area contributed by atoms with Crippen LogP contribution in [0.1, 0.15) is 46.9 Å². The summed E-state index contributed by atoms with van der Waals surface area (Å²) in [7, 11) is 0. The minimum atomic E-state index is -0.156. The van der Waals surface area contributed by atoms with Gasteiger partial charge in [-0.3, -0.25) is 9.59 Å². The Balaban J connectivity index is 1.88. The molecule has 0 radical (unpaired) electrons. The SMILES string of the molecule is CCC1=CC[C@H]2C(=O)c3cc4ccccc4cc3C(=O)[C@@H]2C1. The highest BCUT2D eigenvalue weighted by Crippen LogP contribution is 2.41. The lowest BCUT2D eigenvalue weighted by Crippen LogP contribution is -2.38. The molecule has 22 heavy (non-hydrogen) atoms. The van der Waals surface area contributed by atoms with Gasteiger partial charge in [0.05, 0.1) is 0 Å². The zero-order valence-electron chi connectivity index (χ0n) is 12.6. The van der Waals surface area contributed by atoms with Crippen LogP contribution in [0.2, 0.25) is 0 Å². The molecule has 0 bridgehead atoms. The maximum Gasteiger partial charge on any atom is 0.167 e. The number of ketones is 2. The average Bonchev–Trinajstić information content (AvgIpc) is 2.58. The van der Waals surface area contributed by atoms with Crippen LogP contribution in [0.4, 0.5) is 0 Å². The Kier molecular flexibility index (Phi) is 3.00. The van der Waals surface area contributed by atoms with Crippen LogP contribution in [0.15, 0.2) is 48.0 Å². The number of carbonyl (C=O) groups is 2. The van der Waals surface area contributed by atoms with E-state index in [4.69, 9.17) is 0 Å². The molecule has 0 heterocycles. The highest BCUT2D eigenvalue weighted by molar-refractivity contribution is 6.18. The zero-order valence-corrected chi connectivity index (χ0v) is 12.6. The molecule has 2 aliphatic carbocycles. The van der Waals surface area contributed by atoms with E-state index in [1.54, 1.807) is 0 Å². The van der Waals surface area contributed by atoms with Gasteiger partial charge in [-0.1, -0.05) is 42.8 Å². The molecule has 2 atom stereocenters. The Morgan fingerprint density at radius 1 is 0.955 bits per heavy atom. The summed E-state index contributed by atoms with van der Waals surface area (Å²) in [6.45, 7) is 2.11. The van der Waals surface area contributed by atoms with E-state index in [-0.39, 0.29) is 23.4 Å².